The molecule has 0 saturated carbocycles. The predicted molar refractivity (Wildman–Crippen MR) is 206 cm³/mol. The van der Waals surface area contributed by atoms with Gasteiger partial charge in [-0.25, -0.2) is 9.65 Å². The largest absolute Gasteiger partial charge is 0.497 e. The molecule has 0 saturated heterocycles. The van der Waals surface area contributed by atoms with Gasteiger partial charge in [-0.3, -0.25) is 4.79 Å². The molecule has 276 valence electrons. The van der Waals surface area contributed by atoms with Crippen LogP contribution in [-0.2, 0) is 14.6 Å². The second-order valence-corrected chi connectivity index (χ2v) is 14.3. The third-order valence-corrected chi connectivity index (χ3v) is 10.6. The Balaban J connectivity index is 1.29. The molecular formula is C41H52N5O5P. The number of rotatable bonds is 22. The number of hydrogen-bond acceptors (Lipinski definition) is 9. The molecule has 0 fully saturated rings. The average molecular weight is 726 g/mol. The Morgan fingerprint density at radius 2 is 1.40 bits per heavy atom. The number of methoxy groups -OCH3 is 1. The van der Waals surface area contributed by atoms with E-state index in [-0.39, 0.29) is 18.0 Å². The maximum Gasteiger partial charge on any atom is 0.259 e. The summed E-state index contributed by atoms with van der Waals surface area (Å²) in [5, 5.41) is 11.9. The van der Waals surface area contributed by atoms with E-state index in [1.54, 1.807) is 19.2 Å². The van der Waals surface area contributed by atoms with Crippen LogP contribution in [0.3, 0.4) is 0 Å². The van der Waals surface area contributed by atoms with Gasteiger partial charge in [0.25, 0.3) is 14.4 Å². The number of carbonyl (C=O) groups is 1. The van der Waals surface area contributed by atoms with Crippen molar-refractivity contribution in [3.8, 4) is 17.7 Å². The molecule has 11 heteroatoms. The summed E-state index contributed by atoms with van der Waals surface area (Å²) in [6.45, 7) is 10.0. The van der Waals surface area contributed by atoms with Gasteiger partial charge in [0.2, 0.25) is 5.88 Å². The van der Waals surface area contributed by atoms with Crippen molar-refractivity contribution < 1.29 is 23.4 Å². The van der Waals surface area contributed by atoms with E-state index < -0.39 is 14.1 Å². The van der Waals surface area contributed by atoms with Crippen LogP contribution in [0, 0.1) is 11.3 Å². The van der Waals surface area contributed by atoms with Crippen molar-refractivity contribution >= 4 is 14.4 Å². The van der Waals surface area contributed by atoms with Gasteiger partial charge in [-0.05, 0) is 75.4 Å². The van der Waals surface area contributed by atoms with Crippen molar-refractivity contribution in [2.24, 2.45) is 0 Å². The van der Waals surface area contributed by atoms with E-state index in [9.17, 15) is 4.79 Å². The van der Waals surface area contributed by atoms with Crippen LogP contribution < -0.4 is 20.4 Å². The number of benzene rings is 3. The highest BCUT2D eigenvalue weighted by Gasteiger charge is 2.38. The first kappa shape index (κ1) is 40.4. The predicted octanol–water partition coefficient (Wildman–Crippen LogP) is 8.55. The van der Waals surface area contributed by atoms with Gasteiger partial charge in [-0.1, -0.05) is 85.6 Å². The van der Waals surface area contributed by atoms with E-state index >= 15 is 0 Å². The minimum absolute atomic E-state index is 0.181. The zero-order valence-corrected chi connectivity index (χ0v) is 31.9. The first-order valence-electron chi connectivity index (χ1n) is 17.9. The van der Waals surface area contributed by atoms with Gasteiger partial charge in [0, 0.05) is 30.9 Å². The fraction of sp³-hybridized carbons (Fsp3) is 0.390. The molecule has 4 rings (SSSR count). The summed E-state index contributed by atoms with van der Waals surface area (Å²) in [7, 11) is 0.428. The molecule has 0 aliphatic heterocycles. The fourth-order valence-corrected chi connectivity index (χ4v) is 7.57. The highest BCUT2D eigenvalue weighted by Crippen LogP contribution is 2.46. The average Bonchev–Trinajstić information content (AvgIpc) is 3.17. The maximum absolute atomic E-state index is 12.9. The van der Waals surface area contributed by atoms with E-state index in [2.05, 4.69) is 78.5 Å². The molecular weight excluding hydrogens is 673 g/mol. The SMILES string of the molecule is COc1ccc(C(NOc2ccc(C(=O)NCCCCCCOP(OCCC#N)N(C(C)C)C(C)C)cn2)(c2ccccc2)c2ccccc2)cc1. The lowest BCUT2D eigenvalue weighted by Gasteiger charge is -2.36. The molecule has 1 aromatic heterocycles. The molecule has 1 atom stereocenters. The van der Waals surface area contributed by atoms with Gasteiger partial charge in [0.1, 0.15) is 11.3 Å². The molecule has 0 radical (unpaired) electrons. The van der Waals surface area contributed by atoms with E-state index in [4.69, 9.17) is 23.9 Å². The van der Waals surface area contributed by atoms with Crippen LogP contribution in [0.2, 0.25) is 0 Å². The first-order valence-corrected chi connectivity index (χ1v) is 19.1. The minimum atomic E-state index is -1.22. The summed E-state index contributed by atoms with van der Waals surface area (Å²) in [5.74, 6) is 0.900. The number of hydrogen-bond donors (Lipinski definition) is 2. The standard InChI is InChI=1S/C41H52N5O5P/c1-32(2)46(33(3)4)52(50-30-16-27-42)49-29-15-7-6-14-28-43-40(47)34-21-26-39(44-31-34)51-45-41(35-17-10-8-11-18-35,36-19-12-9-13-20-36)37-22-24-38(48-5)25-23-37/h8-13,17-26,31-33,45H,6-7,14-16,28-30H2,1-5H3,(H,43,47). The smallest absolute Gasteiger partial charge is 0.259 e. The van der Waals surface area contributed by atoms with Crippen molar-refractivity contribution in [2.45, 2.75) is 77.4 Å². The Kier molecular flexibility index (Phi) is 16.5. The molecule has 3 aromatic carbocycles. The van der Waals surface area contributed by atoms with Gasteiger partial charge >= 0.3 is 0 Å². The number of unbranched alkanes of at least 4 members (excludes halogenated alkanes) is 3. The highest BCUT2D eigenvalue weighted by atomic mass is 31.2. The Morgan fingerprint density at radius 1 is 0.808 bits per heavy atom. The monoisotopic (exact) mass is 725 g/mol. The van der Waals surface area contributed by atoms with Gasteiger partial charge < -0.3 is 23.9 Å². The van der Waals surface area contributed by atoms with Crippen molar-refractivity contribution in [3.63, 3.8) is 0 Å². The molecule has 10 nitrogen and oxygen atoms in total. The minimum Gasteiger partial charge on any atom is -0.497 e. The van der Waals surface area contributed by atoms with E-state index in [0.717, 1.165) is 48.1 Å². The normalized spacial score (nSPS) is 12.1. The number of ether oxygens (including phenoxy) is 1. The van der Waals surface area contributed by atoms with Crippen molar-refractivity contribution in [1.82, 2.24) is 20.5 Å². The topological polar surface area (TPSA) is 118 Å². The Bertz CT molecular complexity index is 1600. The quantitative estimate of drug-likeness (QED) is 0.0356. The number of pyridine rings is 1. The van der Waals surface area contributed by atoms with Crippen LogP contribution >= 0.6 is 8.53 Å². The van der Waals surface area contributed by atoms with Gasteiger partial charge in [0.15, 0.2) is 0 Å². The van der Waals surface area contributed by atoms with Crippen LogP contribution in [0.25, 0.3) is 0 Å². The summed E-state index contributed by atoms with van der Waals surface area (Å²) in [6, 6.07) is 34.2. The lowest BCUT2D eigenvalue weighted by molar-refractivity contribution is 0.0951. The third-order valence-electron chi connectivity index (χ3n) is 8.46. The number of hydroxylamine groups is 1. The summed E-state index contributed by atoms with van der Waals surface area (Å²) < 4.78 is 19.8. The number of carbonyl (C=O) groups excluding carboxylic acids is 1. The van der Waals surface area contributed by atoms with Crippen molar-refractivity contribution in [3.05, 3.63) is 126 Å². The summed E-state index contributed by atoms with van der Waals surface area (Å²) in [4.78, 5) is 23.5. The molecule has 1 amide bonds. The zero-order chi connectivity index (χ0) is 37.2. The van der Waals surface area contributed by atoms with Crippen LogP contribution in [0.5, 0.6) is 11.6 Å². The highest BCUT2D eigenvalue weighted by molar-refractivity contribution is 7.44. The fourth-order valence-electron chi connectivity index (χ4n) is 5.94. The van der Waals surface area contributed by atoms with Gasteiger partial charge in [-0.2, -0.15) is 5.26 Å². The molecule has 1 unspecified atom stereocenters. The molecule has 0 aliphatic rings. The van der Waals surface area contributed by atoms with Crippen molar-refractivity contribution in [2.75, 3.05) is 26.9 Å². The molecule has 2 N–H and O–H groups in total. The van der Waals surface area contributed by atoms with Gasteiger partial charge in [0.05, 0.1) is 38.4 Å². The number of nitriles is 1. The van der Waals surface area contributed by atoms with E-state index in [0.29, 0.717) is 37.6 Å². The number of amides is 1. The second-order valence-electron chi connectivity index (χ2n) is 12.8. The number of nitrogens with zero attached hydrogens (tertiary/aromatic N) is 3. The zero-order valence-electron chi connectivity index (χ0n) is 31.0. The Labute approximate surface area is 310 Å². The van der Waals surface area contributed by atoms with Crippen molar-refractivity contribution in [1.29, 1.82) is 5.26 Å². The van der Waals surface area contributed by atoms with Crippen LogP contribution in [-0.4, -0.2) is 54.5 Å². The lowest BCUT2D eigenvalue weighted by Crippen LogP contribution is -2.46. The van der Waals surface area contributed by atoms with E-state index in [1.165, 1.54) is 6.20 Å². The van der Waals surface area contributed by atoms with Crippen LogP contribution in [0.4, 0.5) is 0 Å². The van der Waals surface area contributed by atoms with Crippen LogP contribution in [0.15, 0.2) is 103 Å². The van der Waals surface area contributed by atoms with Gasteiger partial charge in [-0.15, -0.1) is 5.48 Å². The summed E-state index contributed by atoms with van der Waals surface area (Å²) in [5.41, 5.74) is 5.83. The molecule has 0 bridgehead atoms. The third kappa shape index (κ3) is 11.3. The summed E-state index contributed by atoms with van der Waals surface area (Å²) >= 11 is 0. The molecule has 52 heavy (non-hydrogen) atoms. The molecule has 4 aromatic rings. The number of aromatic nitrogens is 1. The first-order chi connectivity index (χ1) is 25.3. The maximum atomic E-state index is 12.9. The summed E-state index contributed by atoms with van der Waals surface area (Å²) in [6.07, 6.45) is 5.56. The van der Waals surface area contributed by atoms with E-state index in [1.807, 2.05) is 60.7 Å². The van der Waals surface area contributed by atoms with Crippen LogP contribution in [0.1, 0.15) is 86.8 Å². The Morgan fingerprint density at radius 3 is 1.96 bits per heavy atom. The molecule has 0 spiro atoms. The number of nitrogens with one attached hydrogen (secondary N) is 2. The lowest BCUT2D eigenvalue weighted by atomic mass is 9.78. The Hall–Kier alpha value is -4.36. The second kappa shape index (κ2) is 21.2. The molecule has 1 heterocycles. The molecule has 0 aliphatic carbocycles.